The van der Waals surface area contributed by atoms with Gasteiger partial charge >= 0.3 is 0 Å². The molecule has 0 aromatic carbocycles. The first-order chi connectivity index (χ1) is 9.38. The standard InChI is InChI=1S/C14H15N5/c15-11-12-3-1-6-16-14(12)18-9-4-13(5-10-18)19-8-2-7-17-19/h1-3,6-8,13H,4-5,9-10H2. The molecule has 0 spiro atoms. The van der Waals surface area contributed by atoms with Gasteiger partial charge < -0.3 is 4.90 Å². The lowest BCUT2D eigenvalue weighted by atomic mass is 10.0. The van der Waals surface area contributed by atoms with Gasteiger partial charge in [0.05, 0.1) is 11.6 Å². The Morgan fingerprint density at radius 2 is 2.05 bits per heavy atom. The fourth-order valence-corrected chi connectivity index (χ4v) is 2.58. The van der Waals surface area contributed by atoms with E-state index in [4.69, 9.17) is 5.26 Å². The maximum absolute atomic E-state index is 9.12. The number of pyridine rings is 1. The van der Waals surface area contributed by atoms with Crippen LogP contribution in [0.3, 0.4) is 0 Å². The summed E-state index contributed by atoms with van der Waals surface area (Å²) in [5.41, 5.74) is 0.653. The molecule has 0 bridgehead atoms. The number of hydrogen-bond acceptors (Lipinski definition) is 4. The van der Waals surface area contributed by atoms with Crippen LogP contribution in [0.2, 0.25) is 0 Å². The minimum Gasteiger partial charge on any atom is -0.355 e. The second kappa shape index (κ2) is 5.11. The van der Waals surface area contributed by atoms with Gasteiger partial charge in [0.1, 0.15) is 11.9 Å². The van der Waals surface area contributed by atoms with Crippen LogP contribution in [-0.4, -0.2) is 27.9 Å². The van der Waals surface area contributed by atoms with Crippen molar-refractivity contribution in [3.63, 3.8) is 0 Å². The predicted molar refractivity (Wildman–Crippen MR) is 71.7 cm³/mol. The summed E-state index contributed by atoms with van der Waals surface area (Å²) >= 11 is 0. The molecule has 2 aromatic heterocycles. The summed E-state index contributed by atoms with van der Waals surface area (Å²) in [6.07, 6.45) is 7.64. The van der Waals surface area contributed by atoms with E-state index < -0.39 is 0 Å². The Bertz CT molecular complexity index is 576. The average Bonchev–Trinajstić information content (AvgIpc) is 3.02. The van der Waals surface area contributed by atoms with E-state index in [1.54, 1.807) is 12.3 Å². The molecule has 0 aliphatic carbocycles. The van der Waals surface area contributed by atoms with E-state index in [1.807, 2.05) is 29.2 Å². The first-order valence-corrected chi connectivity index (χ1v) is 6.47. The SMILES string of the molecule is N#Cc1cccnc1N1CCC(n2cccn2)CC1. The van der Waals surface area contributed by atoms with Crippen LogP contribution in [0.4, 0.5) is 5.82 Å². The van der Waals surface area contributed by atoms with Crippen molar-refractivity contribution in [2.45, 2.75) is 18.9 Å². The van der Waals surface area contributed by atoms with E-state index in [1.165, 1.54) is 0 Å². The smallest absolute Gasteiger partial charge is 0.146 e. The molecular weight excluding hydrogens is 238 g/mol. The summed E-state index contributed by atoms with van der Waals surface area (Å²) in [5.74, 6) is 0.809. The molecule has 0 saturated carbocycles. The van der Waals surface area contributed by atoms with Gasteiger partial charge in [-0.1, -0.05) is 0 Å². The van der Waals surface area contributed by atoms with E-state index in [9.17, 15) is 0 Å². The topological polar surface area (TPSA) is 57.7 Å². The molecule has 2 aromatic rings. The highest BCUT2D eigenvalue weighted by Crippen LogP contribution is 2.26. The molecule has 19 heavy (non-hydrogen) atoms. The fourth-order valence-electron chi connectivity index (χ4n) is 2.58. The third-order valence-corrected chi connectivity index (χ3v) is 3.57. The summed E-state index contributed by atoms with van der Waals surface area (Å²) in [6.45, 7) is 1.83. The number of nitrogens with zero attached hydrogens (tertiary/aromatic N) is 5. The highest BCUT2D eigenvalue weighted by Gasteiger charge is 2.22. The lowest BCUT2D eigenvalue weighted by molar-refractivity contribution is 0.366. The van der Waals surface area contributed by atoms with Crippen LogP contribution < -0.4 is 4.90 Å². The van der Waals surface area contributed by atoms with Gasteiger partial charge in [-0.2, -0.15) is 10.4 Å². The van der Waals surface area contributed by atoms with Crippen LogP contribution in [-0.2, 0) is 0 Å². The molecule has 1 fully saturated rings. The van der Waals surface area contributed by atoms with E-state index in [2.05, 4.69) is 21.1 Å². The second-order valence-corrected chi connectivity index (χ2v) is 4.69. The van der Waals surface area contributed by atoms with Crippen LogP contribution >= 0.6 is 0 Å². The zero-order chi connectivity index (χ0) is 13.1. The fraction of sp³-hybridized carbons (Fsp3) is 0.357. The highest BCUT2D eigenvalue weighted by atomic mass is 15.3. The molecule has 96 valence electrons. The molecule has 5 nitrogen and oxygen atoms in total. The third kappa shape index (κ3) is 2.29. The molecule has 0 amide bonds. The van der Waals surface area contributed by atoms with Crippen LogP contribution in [0.5, 0.6) is 0 Å². The van der Waals surface area contributed by atoms with Crippen LogP contribution in [0.1, 0.15) is 24.4 Å². The first kappa shape index (κ1) is 11.7. The van der Waals surface area contributed by atoms with Crippen LogP contribution in [0.25, 0.3) is 0 Å². The Morgan fingerprint density at radius 3 is 2.74 bits per heavy atom. The molecule has 1 saturated heterocycles. The Hall–Kier alpha value is -2.35. The Kier molecular flexibility index (Phi) is 3.15. The monoisotopic (exact) mass is 253 g/mol. The van der Waals surface area contributed by atoms with Crippen molar-refractivity contribution in [2.24, 2.45) is 0 Å². The van der Waals surface area contributed by atoms with Crippen molar-refractivity contribution in [1.82, 2.24) is 14.8 Å². The van der Waals surface area contributed by atoms with Gasteiger partial charge in [-0.3, -0.25) is 4.68 Å². The lowest BCUT2D eigenvalue weighted by Crippen LogP contribution is -2.35. The molecule has 0 radical (unpaired) electrons. The molecule has 1 aliphatic heterocycles. The largest absolute Gasteiger partial charge is 0.355 e. The number of aromatic nitrogens is 3. The molecule has 0 atom stereocenters. The zero-order valence-electron chi connectivity index (χ0n) is 10.6. The molecule has 0 N–H and O–H groups in total. The highest BCUT2D eigenvalue weighted by molar-refractivity contribution is 5.53. The number of nitriles is 1. The van der Waals surface area contributed by atoms with Crippen molar-refractivity contribution in [3.8, 4) is 6.07 Å². The van der Waals surface area contributed by atoms with E-state index >= 15 is 0 Å². The van der Waals surface area contributed by atoms with Crippen molar-refractivity contribution in [1.29, 1.82) is 5.26 Å². The molecule has 3 heterocycles. The number of hydrogen-bond donors (Lipinski definition) is 0. The maximum Gasteiger partial charge on any atom is 0.146 e. The van der Waals surface area contributed by atoms with E-state index in [-0.39, 0.29) is 0 Å². The minimum atomic E-state index is 0.459. The number of rotatable bonds is 2. The molecular formula is C14H15N5. The molecule has 1 aliphatic rings. The lowest BCUT2D eigenvalue weighted by Gasteiger charge is -2.33. The van der Waals surface area contributed by atoms with Crippen LogP contribution in [0.15, 0.2) is 36.8 Å². The predicted octanol–water partition coefficient (Wildman–Crippen LogP) is 1.99. The molecule has 3 rings (SSSR count). The van der Waals surface area contributed by atoms with Gasteiger partial charge in [0.15, 0.2) is 0 Å². The van der Waals surface area contributed by atoms with Crippen molar-refractivity contribution in [2.75, 3.05) is 18.0 Å². The minimum absolute atomic E-state index is 0.459. The van der Waals surface area contributed by atoms with Gasteiger partial charge in [0, 0.05) is 31.7 Å². The Balaban J connectivity index is 1.72. The van der Waals surface area contributed by atoms with Gasteiger partial charge in [0.2, 0.25) is 0 Å². The average molecular weight is 253 g/mol. The maximum atomic E-state index is 9.12. The van der Waals surface area contributed by atoms with Crippen molar-refractivity contribution < 1.29 is 0 Å². The number of piperidine rings is 1. The third-order valence-electron chi connectivity index (χ3n) is 3.57. The summed E-state index contributed by atoms with van der Waals surface area (Å²) < 4.78 is 2.03. The van der Waals surface area contributed by atoms with E-state index in [0.717, 1.165) is 31.7 Å². The summed E-state index contributed by atoms with van der Waals surface area (Å²) in [4.78, 5) is 6.53. The summed E-state index contributed by atoms with van der Waals surface area (Å²) in [6, 6.07) is 8.25. The summed E-state index contributed by atoms with van der Waals surface area (Å²) in [7, 11) is 0. The van der Waals surface area contributed by atoms with Gasteiger partial charge in [-0.25, -0.2) is 4.98 Å². The van der Waals surface area contributed by atoms with Crippen molar-refractivity contribution in [3.05, 3.63) is 42.4 Å². The Morgan fingerprint density at radius 1 is 1.21 bits per heavy atom. The van der Waals surface area contributed by atoms with E-state index in [0.29, 0.717) is 11.6 Å². The van der Waals surface area contributed by atoms with Crippen molar-refractivity contribution >= 4 is 5.82 Å². The normalized spacial score (nSPS) is 16.3. The zero-order valence-corrected chi connectivity index (χ0v) is 10.6. The first-order valence-electron chi connectivity index (χ1n) is 6.47. The van der Waals surface area contributed by atoms with Crippen LogP contribution in [0, 0.1) is 11.3 Å². The number of anilines is 1. The summed E-state index contributed by atoms with van der Waals surface area (Å²) in [5, 5.41) is 13.4. The Labute approximate surface area is 112 Å². The quantitative estimate of drug-likeness (QED) is 0.821. The molecule has 5 heteroatoms. The molecule has 0 unspecified atom stereocenters. The van der Waals surface area contributed by atoms with Gasteiger partial charge in [-0.15, -0.1) is 0 Å². The van der Waals surface area contributed by atoms with Gasteiger partial charge in [-0.05, 0) is 31.0 Å². The van der Waals surface area contributed by atoms with Gasteiger partial charge in [0.25, 0.3) is 0 Å². The second-order valence-electron chi connectivity index (χ2n) is 4.69.